The number of carbonyl (C=O) groups excluding carboxylic acids is 2. The molecule has 4 rings (SSSR count). The molecule has 0 saturated carbocycles. The van der Waals surface area contributed by atoms with Gasteiger partial charge in [0.1, 0.15) is 23.1 Å². The van der Waals surface area contributed by atoms with Gasteiger partial charge in [-0.1, -0.05) is 6.07 Å². The molecule has 30 heavy (non-hydrogen) atoms. The molecule has 158 valence electrons. The third-order valence-electron chi connectivity index (χ3n) is 5.37. The van der Waals surface area contributed by atoms with Crippen molar-refractivity contribution in [3.63, 3.8) is 0 Å². The Morgan fingerprint density at radius 3 is 2.63 bits per heavy atom. The fourth-order valence-corrected chi connectivity index (χ4v) is 3.88. The molecule has 0 radical (unpaired) electrons. The van der Waals surface area contributed by atoms with Crippen molar-refractivity contribution in [1.82, 2.24) is 10.6 Å². The van der Waals surface area contributed by atoms with E-state index in [1.54, 1.807) is 23.1 Å². The minimum atomic E-state index is -0.620. The van der Waals surface area contributed by atoms with Crippen LogP contribution in [0.5, 0.6) is 5.75 Å². The highest BCUT2D eigenvalue weighted by molar-refractivity contribution is 6.00. The average Bonchev–Trinajstić information content (AvgIpc) is 3.36. The number of nitrogens with zero attached hydrogens (tertiary/aromatic N) is 2. The zero-order chi connectivity index (χ0) is 21.3. The van der Waals surface area contributed by atoms with Crippen molar-refractivity contribution in [1.29, 1.82) is 0 Å². The maximum atomic E-state index is 14.0. The van der Waals surface area contributed by atoms with Crippen LogP contribution in [-0.4, -0.2) is 51.3 Å². The number of hydrogen-bond donors (Lipinski definition) is 2. The van der Waals surface area contributed by atoms with Gasteiger partial charge in [-0.2, -0.15) is 0 Å². The van der Waals surface area contributed by atoms with Gasteiger partial charge in [0.2, 0.25) is 0 Å². The maximum Gasteiger partial charge on any atom is 0.322 e. The highest BCUT2D eigenvalue weighted by Gasteiger charge is 2.29. The summed E-state index contributed by atoms with van der Waals surface area (Å²) < 4.78 is 33.4. The first-order chi connectivity index (χ1) is 14.5. The van der Waals surface area contributed by atoms with Crippen LogP contribution in [0.1, 0.15) is 16.8 Å². The number of nitrogens with one attached hydrogen (secondary N) is 2. The average molecular weight is 416 g/mol. The number of hydrogen-bond acceptors (Lipinski definition) is 4. The topological polar surface area (TPSA) is 73.9 Å². The highest BCUT2D eigenvalue weighted by Crippen LogP contribution is 2.31. The third-order valence-corrected chi connectivity index (χ3v) is 5.37. The number of carbonyl (C=O) groups is 2. The lowest BCUT2D eigenvalue weighted by atomic mass is 10.1. The number of rotatable bonds is 5. The Morgan fingerprint density at radius 1 is 1.20 bits per heavy atom. The summed E-state index contributed by atoms with van der Waals surface area (Å²) >= 11 is 0. The molecule has 0 aromatic heterocycles. The van der Waals surface area contributed by atoms with Crippen molar-refractivity contribution in [2.24, 2.45) is 0 Å². The molecule has 2 aliphatic rings. The summed E-state index contributed by atoms with van der Waals surface area (Å²) in [5.41, 5.74) is 0.823. The molecule has 2 heterocycles. The van der Waals surface area contributed by atoms with Gasteiger partial charge in [0.25, 0.3) is 5.91 Å². The van der Waals surface area contributed by atoms with E-state index < -0.39 is 11.6 Å². The van der Waals surface area contributed by atoms with Crippen molar-refractivity contribution in [3.05, 3.63) is 53.6 Å². The van der Waals surface area contributed by atoms with E-state index >= 15 is 0 Å². The molecule has 1 atom stereocenters. The Hall–Kier alpha value is -3.36. The summed E-state index contributed by atoms with van der Waals surface area (Å²) in [5, 5.41) is 5.64. The molecule has 3 amide bonds. The standard InChI is InChI=1S/C21H22F2N4O3/c1-30-18-6-5-13(11-17(18)27-10-8-24-21(27)29)20(28)25-14-7-9-26(12-14)19-15(22)3-2-4-16(19)23/h2-6,11,14H,7-10,12H2,1H3,(H,24,29)(H,25,28)/t14-/m1/s1. The molecule has 2 saturated heterocycles. The van der Waals surface area contributed by atoms with E-state index in [9.17, 15) is 18.4 Å². The molecule has 0 aliphatic carbocycles. The van der Waals surface area contributed by atoms with E-state index in [-0.39, 0.29) is 23.7 Å². The lowest BCUT2D eigenvalue weighted by Crippen LogP contribution is -2.37. The lowest BCUT2D eigenvalue weighted by molar-refractivity contribution is 0.0940. The van der Waals surface area contributed by atoms with Crippen molar-refractivity contribution in [2.75, 3.05) is 43.1 Å². The van der Waals surface area contributed by atoms with Crippen LogP contribution in [0.2, 0.25) is 0 Å². The molecular weight excluding hydrogens is 394 g/mol. The predicted molar refractivity (Wildman–Crippen MR) is 108 cm³/mol. The van der Waals surface area contributed by atoms with Gasteiger partial charge in [-0.25, -0.2) is 13.6 Å². The fraction of sp³-hybridized carbons (Fsp3) is 0.333. The Bertz CT molecular complexity index is 964. The molecule has 2 N–H and O–H groups in total. The van der Waals surface area contributed by atoms with Crippen molar-refractivity contribution in [3.8, 4) is 5.75 Å². The van der Waals surface area contributed by atoms with Crippen molar-refractivity contribution in [2.45, 2.75) is 12.5 Å². The summed E-state index contributed by atoms with van der Waals surface area (Å²) in [6, 6.07) is 8.14. The number of urea groups is 1. The van der Waals surface area contributed by atoms with Crippen LogP contribution in [0.4, 0.5) is 25.0 Å². The van der Waals surface area contributed by atoms with Gasteiger partial charge >= 0.3 is 6.03 Å². The van der Waals surface area contributed by atoms with Crippen LogP contribution in [-0.2, 0) is 0 Å². The van der Waals surface area contributed by atoms with E-state index in [0.717, 1.165) is 0 Å². The number of amides is 3. The molecule has 9 heteroatoms. The molecule has 2 fully saturated rings. The second-order valence-corrected chi connectivity index (χ2v) is 7.25. The maximum absolute atomic E-state index is 14.0. The fourth-order valence-electron chi connectivity index (χ4n) is 3.88. The number of halogens is 2. The molecule has 7 nitrogen and oxygen atoms in total. The summed E-state index contributed by atoms with van der Waals surface area (Å²) in [7, 11) is 1.50. The van der Waals surface area contributed by atoms with Gasteiger partial charge < -0.3 is 20.3 Å². The smallest absolute Gasteiger partial charge is 0.322 e. The van der Waals surface area contributed by atoms with E-state index in [2.05, 4.69) is 10.6 Å². The normalized spacial score (nSPS) is 18.5. The van der Waals surface area contributed by atoms with Crippen LogP contribution in [0, 0.1) is 11.6 Å². The Balaban J connectivity index is 1.47. The molecule has 2 aromatic rings. The number of methoxy groups -OCH3 is 1. The number of anilines is 2. The van der Waals surface area contributed by atoms with Crippen LogP contribution in [0.25, 0.3) is 0 Å². The number of ether oxygens (including phenoxy) is 1. The summed E-state index contributed by atoms with van der Waals surface area (Å²) in [6.45, 7) is 1.74. The Kier molecular flexibility index (Phi) is 5.43. The highest BCUT2D eigenvalue weighted by atomic mass is 19.1. The first-order valence-electron chi connectivity index (χ1n) is 9.71. The molecule has 2 aromatic carbocycles. The largest absolute Gasteiger partial charge is 0.495 e. The minimum absolute atomic E-state index is 0.0685. The van der Waals surface area contributed by atoms with Gasteiger partial charge in [0.05, 0.1) is 12.8 Å². The van der Waals surface area contributed by atoms with E-state index in [4.69, 9.17) is 4.74 Å². The van der Waals surface area contributed by atoms with Crippen LogP contribution in [0.15, 0.2) is 36.4 Å². The van der Waals surface area contributed by atoms with Gasteiger partial charge in [-0.3, -0.25) is 9.69 Å². The Labute approximate surface area is 172 Å². The Morgan fingerprint density at radius 2 is 1.97 bits per heavy atom. The molecule has 0 unspecified atom stereocenters. The second-order valence-electron chi connectivity index (χ2n) is 7.25. The molecule has 2 aliphatic heterocycles. The van der Waals surface area contributed by atoms with E-state index in [0.29, 0.717) is 49.6 Å². The van der Waals surface area contributed by atoms with Crippen molar-refractivity contribution < 1.29 is 23.1 Å². The first-order valence-corrected chi connectivity index (χ1v) is 9.71. The van der Waals surface area contributed by atoms with Crippen molar-refractivity contribution >= 4 is 23.3 Å². The first kappa shape index (κ1) is 19.9. The van der Waals surface area contributed by atoms with Gasteiger partial charge in [-0.05, 0) is 36.8 Å². The summed E-state index contributed by atoms with van der Waals surface area (Å²) in [6.07, 6.45) is 0.567. The van der Waals surface area contributed by atoms with Crippen LogP contribution >= 0.6 is 0 Å². The summed E-state index contributed by atoms with van der Waals surface area (Å²) in [4.78, 5) is 27.9. The molecule has 0 bridgehead atoms. The van der Waals surface area contributed by atoms with Gasteiger partial charge in [0, 0.05) is 37.8 Å². The SMILES string of the molecule is COc1ccc(C(=O)N[C@@H]2CCN(c3c(F)cccc3F)C2)cc1N1CCNC1=O. The third kappa shape index (κ3) is 3.74. The van der Waals surface area contributed by atoms with Crippen LogP contribution < -0.4 is 25.2 Å². The lowest BCUT2D eigenvalue weighted by Gasteiger charge is -2.21. The number of para-hydroxylation sites is 1. The van der Waals surface area contributed by atoms with Crippen LogP contribution in [0.3, 0.4) is 0 Å². The minimum Gasteiger partial charge on any atom is -0.495 e. The predicted octanol–water partition coefficient (Wildman–Crippen LogP) is 2.51. The second kappa shape index (κ2) is 8.17. The summed E-state index contributed by atoms with van der Waals surface area (Å²) in [5.74, 6) is -1.07. The zero-order valence-corrected chi connectivity index (χ0v) is 16.5. The monoisotopic (exact) mass is 416 g/mol. The molecule has 0 spiro atoms. The quantitative estimate of drug-likeness (QED) is 0.786. The van der Waals surface area contributed by atoms with E-state index in [1.807, 2.05) is 0 Å². The zero-order valence-electron chi connectivity index (χ0n) is 16.5. The van der Waals surface area contributed by atoms with Gasteiger partial charge in [0.15, 0.2) is 0 Å². The molecular formula is C21H22F2N4O3. The number of benzene rings is 2. The van der Waals surface area contributed by atoms with Gasteiger partial charge in [-0.15, -0.1) is 0 Å². The van der Waals surface area contributed by atoms with E-state index in [1.165, 1.54) is 30.2 Å².